The van der Waals surface area contributed by atoms with Crippen molar-refractivity contribution >= 4 is 161 Å². The van der Waals surface area contributed by atoms with E-state index in [0.29, 0.717) is 27.4 Å². The minimum absolute atomic E-state index is 0.0419. The molecule has 5 aromatic carbocycles. The molecule has 0 atom stereocenters. The zero-order chi connectivity index (χ0) is 48.3. The molecule has 0 saturated heterocycles. The number of anilines is 6. The summed E-state index contributed by atoms with van der Waals surface area (Å²) in [6, 6.07) is 22.6. The summed E-state index contributed by atoms with van der Waals surface area (Å²) < 4.78 is 1.31. The lowest BCUT2D eigenvalue weighted by Crippen LogP contribution is -2.61. The molecule has 0 unspecified atom stereocenters. The maximum Gasteiger partial charge on any atom is 0.264 e. The van der Waals surface area contributed by atoms with Crippen molar-refractivity contribution in [3.05, 3.63) is 93.4 Å². The van der Waals surface area contributed by atoms with Gasteiger partial charge in [0, 0.05) is 38.0 Å². The van der Waals surface area contributed by atoms with Crippen molar-refractivity contribution in [2.24, 2.45) is 0 Å². The van der Waals surface area contributed by atoms with Crippen LogP contribution in [-0.4, -0.2) is 61.6 Å². The average Bonchev–Trinajstić information content (AvgIpc) is 3.63. The summed E-state index contributed by atoms with van der Waals surface area (Å²) in [7, 11) is 48.5. The molecule has 14 radical (unpaired) electrons. The number of rotatable bonds is 3. The molecular weight excluding hydrogens is 807 g/mol. The van der Waals surface area contributed by atoms with Gasteiger partial charge in [-0.2, -0.15) is 11.3 Å². The molecule has 0 fully saturated rings. The van der Waals surface area contributed by atoms with Gasteiger partial charge in [-0.15, -0.1) is 16.4 Å². The van der Waals surface area contributed by atoms with E-state index in [2.05, 4.69) is 167 Å². The molecule has 0 bridgehead atoms. The van der Waals surface area contributed by atoms with Crippen molar-refractivity contribution in [1.29, 1.82) is 0 Å². The molecule has 0 amide bonds. The van der Waals surface area contributed by atoms with Gasteiger partial charge in [0.2, 0.25) is 0 Å². The monoisotopic (exact) mass is 864 g/mol. The van der Waals surface area contributed by atoms with E-state index in [1.165, 1.54) is 37.4 Å². The highest BCUT2D eigenvalue weighted by Gasteiger charge is 2.51. The first-order valence-electron chi connectivity index (χ1n) is 23.4. The Labute approximate surface area is 409 Å². The number of nitrogens with zero attached hydrogens (tertiary/aromatic N) is 2. The Morgan fingerprint density at radius 2 is 1.02 bits per heavy atom. The second-order valence-corrected chi connectivity index (χ2v) is 24.9. The molecule has 2 nitrogen and oxygen atoms in total. The van der Waals surface area contributed by atoms with Crippen LogP contribution in [-0.2, 0) is 27.1 Å². The molecule has 1 aromatic heterocycles. The van der Waals surface area contributed by atoms with Gasteiger partial charge in [0.05, 0.1) is 11.4 Å². The number of aryl methyl sites for hydroxylation is 1. The first-order valence-corrected chi connectivity index (χ1v) is 24.2. The normalized spacial score (nSPS) is 16.2. The highest BCUT2D eigenvalue weighted by molar-refractivity contribution is 7.29. The molecule has 0 spiro atoms. The van der Waals surface area contributed by atoms with Gasteiger partial charge >= 0.3 is 0 Å². The summed E-state index contributed by atoms with van der Waals surface area (Å²) in [5.74, 6) is 0. The molecule has 66 heavy (non-hydrogen) atoms. The lowest BCUT2D eigenvalue weighted by atomic mass is 9.35. The van der Waals surface area contributed by atoms with Gasteiger partial charge in [-0.3, -0.25) is 0 Å². The topological polar surface area (TPSA) is 6.48 Å². The Balaban J connectivity index is 1.47. The molecule has 6 aromatic rings. The molecule has 316 valence electrons. The van der Waals surface area contributed by atoms with Gasteiger partial charge in [-0.05, 0) is 121 Å². The highest BCUT2D eigenvalue weighted by Crippen LogP contribution is 2.56. The van der Waals surface area contributed by atoms with E-state index in [1.807, 2.05) is 11.3 Å². The maximum atomic E-state index is 7.36. The van der Waals surface area contributed by atoms with E-state index < -0.39 is 0 Å². The number of hydrogen-bond acceptors (Lipinski definition) is 3. The second kappa shape index (κ2) is 15.2. The molecule has 3 aliphatic rings. The Kier molecular flexibility index (Phi) is 10.8. The fourth-order valence-electron chi connectivity index (χ4n) is 10.8. The maximum absolute atomic E-state index is 7.36. The zero-order valence-corrected chi connectivity index (χ0v) is 42.4. The summed E-state index contributed by atoms with van der Waals surface area (Å²) in [6.45, 7) is 31.9. The zero-order valence-electron chi connectivity index (χ0n) is 41.6. The fraction of sp³-hybridized carbons (Fsp3) is 0.382. The Hall–Kier alpha value is -4.08. The van der Waals surface area contributed by atoms with Crippen LogP contribution in [0.2, 0.25) is 0 Å². The summed E-state index contributed by atoms with van der Waals surface area (Å²) in [5, 5.41) is 0. The first kappa shape index (κ1) is 47.0. The van der Waals surface area contributed by atoms with Crippen LogP contribution in [0.1, 0.15) is 136 Å². The van der Waals surface area contributed by atoms with E-state index in [-0.39, 0.29) is 50.2 Å². The third-order valence-electron chi connectivity index (χ3n) is 14.9. The Morgan fingerprint density at radius 1 is 0.530 bits per heavy atom. The fourth-order valence-corrected chi connectivity index (χ4v) is 12.5. The molecular formula is C55H56B8N2S. The van der Waals surface area contributed by atoms with Crippen LogP contribution in [0.3, 0.4) is 0 Å². The number of benzene rings is 5. The number of thiophene rings is 1. The third kappa shape index (κ3) is 7.12. The number of fused-ring (bicyclic) bond motifs is 6. The van der Waals surface area contributed by atoms with Crippen LogP contribution in [0, 0.1) is 6.92 Å². The van der Waals surface area contributed by atoms with E-state index >= 15 is 0 Å². The Morgan fingerprint density at radius 3 is 1.56 bits per heavy atom. The van der Waals surface area contributed by atoms with E-state index in [9.17, 15) is 0 Å². The minimum Gasteiger partial charge on any atom is -0.311 e. The van der Waals surface area contributed by atoms with Crippen molar-refractivity contribution in [3.8, 4) is 11.1 Å². The quantitative estimate of drug-likeness (QED) is 0.214. The van der Waals surface area contributed by atoms with Crippen LogP contribution in [0.15, 0.2) is 60.7 Å². The largest absolute Gasteiger partial charge is 0.311 e. The van der Waals surface area contributed by atoms with Gasteiger partial charge in [-0.25, -0.2) is 0 Å². The van der Waals surface area contributed by atoms with Gasteiger partial charge in [0.15, 0.2) is 0 Å². The predicted molar refractivity (Wildman–Crippen MR) is 298 cm³/mol. The van der Waals surface area contributed by atoms with Crippen LogP contribution in [0.5, 0.6) is 0 Å². The van der Waals surface area contributed by atoms with Gasteiger partial charge in [0.1, 0.15) is 54.9 Å². The smallest absolute Gasteiger partial charge is 0.264 e. The molecule has 3 heterocycles. The Bertz CT molecular complexity index is 3000. The molecule has 1 aliphatic carbocycles. The molecule has 2 aliphatic heterocycles. The SMILES string of the molecule is [B]c1cc(C(C)(C)C)cc([B])c1N1c2cc(C)cc3c2B(c2cc(C(C)(C)C)ccc2N3c2ccc(C(C)(C)C)cc2-c2c([B])c([B])c([B])c([B])c2[B])c2sc3c(c21)C(C)(C)CCC3(C)C. The highest BCUT2D eigenvalue weighted by atomic mass is 32.1. The van der Waals surface area contributed by atoms with Gasteiger partial charge < -0.3 is 9.80 Å². The lowest BCUT2D eigenvalue weighted by Gasteiger charge is -2.46. The van der Waals surface area contributed by atoms with Crippen LogP contribution >= 0.6 is 11.3 Å². The van der Waals surface area contributed by atoms with Crippen molar-refractivity contribution in [3.63, 3.8) is 0 Å². The molecule has 11 heteroatoms. The third-order valence-corrected chi connectivity index (χ3v) is 16.5. The van der Waals surface area contributed by atoms with Gasteiger partial charge in [0.25, 0.3) is 6.71 Å². The van der Waals surface area contributed by atoms with Gasteiger partial charge in [-0.1, -0.05) is 142 Å². The van der Waals surface area contributed by atoms with E-state index in [1.54, 1.807) is 0 Å². The van der Waals surface area contributed by atoms with Crippen molar-refractivity contribution < 1.29 is 0 Å². The van der Waals surface area contributed by atoms with Crippen molar-refractivity contribution in [1.82, 2.24) is 0 Å². The molecule has 0 saturated carbocycles. The van der Waals surface area contributed by atoms with E-state index in [4.69, 9.17) is 54.9 Å². The standard InChI is InChI=1S/C55H56B8N2S/c1-27-21-37-46-38(22-27)65(47-32(56)24-30(25-33(47)57)53(8,9)10)48-40-49(55(13,14)20-19-54(40,11)12)66-50(48)63(46)34-26-29(52(5,6)7)16-18-36(34)64(37)35-17-15-28(51(2,3)4)23-31(35)39-41(58)43(60)45(62)44(61)42(39)59/h15-18,21-26H,19-20H2,1-14H3. The number of hydrogen-bond donors (Lipinski definition) is 0. The molecule has 0 N–H and O–H groups in total. The summed E-state index contributed by atoms with van der Waals surface area (Å²) in [4.78, 5) is 6.29. The summed E-state index contributed by atoms with van der Waals surface area (Å²) >= 11 is 1.98. The first-order chi connectivity index (χ1) is 30.5. The minimum atomic E-state index is -0.212. The van der Waals surface area contributed by atoms with Crippen LogP contribution in [0.25, 0.3) is 11.1 Å². The average molecular weight is 864 g/mol. The van der Waals surface area contributed by atoms with Crippen molar-refractivity contribution in [2.75, 3.05) is 9.80 Å². The molecule has 9 rings (SSSR count). The second-order valence-electron chi connectivity index (χ2n) is 23.8. The van der Waals surface area contributed by atoms with Crippen LogP contribution < -0.4 is 63.7 Å². The van der Waals surface area contributed by atoms with Crippen molar-refractivity contribution in [2.45, 2.75) is 137 Å². The summed E-state index contributed by atoms with van der Waals surface area (Å²) in [5.41, 5.74) is 17.7. The van der Waals surface area contributed by atoms with Crippen LogP contribution in [0.4, 0.5) is 34.1 Å². The summed E-state index contributed by atoms with van der Waals surface area (Å²) in [6.07, 6.45) is 2.16. The predicted octanol–water partition coefficient (Wildman–Crippen LogP) is 5.60. The lowest BCUT2D eigenvalue weighted by molar-refractivity contribution is 0.339. The van der Waals surface area contributed by atoms with E-state index in [0.717, 1.165) is 63.5 Å².